The Morgan fingerprint density at radius 3 is 2.34 bits per heavy atom. The number of urea groups is 1. The highest BCUT2D eigenvalue weighted by atomic mass is 16.5. The zero-order valence-corrected chi connectivity index (χ0v) is 35.5. The first-order valence-corrected chi connectivity index (χ1v) is 21.0. The first-order valence-electron chi connectivity index (χ1n) is 21.0. The highest BCUT2D eigenvalue weighted by molar-refractivity contribution is 6.05. The second-order valence-electron chi connectivity index (χ2n) is 18.0. The number of rotatable bonds is 10. The molecule has 4 aliphatic rings. The van der Waals surface area contributed by atoms with Gasteiger partial charge in [-0.15, -0.1) is 0 Å². The summed E-state index contributed by atoms with van der Waals surface area (Å²) in [5, 5.41) is 12.6. The molecule has 2 aromatic carbocycles. The predicted octanol–water partition coefficient (Wildman–Crippen LogP) is 5.38. The van der Waals surface area contributed by atoms with E-state index in [2.05, 4.69) is 56.9 Å². The number of hydrogen-bond donors (Lipinski definition) is 3. The Morgan fingerprint density at radius 1 is 0.887 bits per heavy atom. The van der Waals surface area contributed by atoms with Gasteiger partial charge in [-0.2, -0.15) is 4.98 Å². The van der Waals surface area contributed by atoms with E-state index < -0.39 is 11.9 Å². The van der Waals surface area contributed by atoms with E-state index in [1.807, 2.05) is 100 Å². The van der Waals surface area contributed by atoms with Gasteiger partial charge in [0.2, 0.25) is 11.8 Å². The number of carbonyl (C=O) groups is 4. The highest BCUT2D eigenvalue weighted by Gasteiger charge is 2.54. The van der Waals surface area contributed by atoms with Gasteiger partial charge in [0.25, 0.3) is 0 Å². The van der Waals surface area contributed by atoms with Crippen molar-refractivity contribution in [3.63, 3.8) is 0 Å². The fourth-order valence-corrected chi connectivity index (χ4v) is 8.81. The summed E-state index contributed by atoms with van der Waals surface area (Å²) in [6.45, 7) is 14.9. The summed E-state index contributed by atoms with van der Waals surface area (Å²) < 4.78 is 5.22. The van der Waals surface area contributed by atoms with Gasteiger partial charge >= 0.3 is 17.8 Å². The van der Waals surface area contributed by atoms with Crippen LogP contribution in [0.25, 0.3) is 11.3 Å². The van der Waals surface area contributed by atoms with Crippen LogP contribution in [0, 0.1) is 18.3 Å². The van der Waals surface area contributed by atoms with Gasteiger partial charge in [-0.1, -0.05) is 38.1 Å². The lowest BCUT2D eigenvalue weighted by atomic mass is 9.72. The Morgan fingerprint density at radius 2 is 1.65 bits per heavy atom. The molecule has 4 fully saturated rings. The van der Waals surface area contributed by atoms with E-state index >= 15 is 0 Å². The number of nitrogens with one attached hydrogen (secondary N) is 3. The van der Waals surface area contributed by atoms with E-state index in [4.69, 9.17) is 4.52 Å². The maximum atomic E-state index is 13.5. The van der Waals surface area contributed by atoms with Crippen molar-refractivity contribution in [2.24, 2.45) is 11.3 Å². The molecule has 5 amide bonds. The molecule has 62 heavy (non-hydrogen) atoms. The van der Waals surface area contributed by atoms with Crippen LogP contribution in [0.15, 0.2) is 77.7 Å². The van der Waals surface area contributed by atoms with Crippen molar-refractivity contribution in [2.45, 2.75) is 58.9 Å². The first-order chi connectivity index (χ1) is 29.7. The third-order valence-corrected chi connectivity index (χ3v) is 12.2. The van der Waals surface area contributed by atoms with Crippen LogP contribution in [0.4, 0.5) is 33.5 Å². The van der Waals surface area contributed by atoms with Crippen molar-refractivity contribution in [3.8, 4) is 11.3 Å². The van der Waals surface area contributed by atoms with E-state index in [1.165, 1.54) is 6.33 Å². The van der Waals surface area contributed by atoms with Crippen molar-refractivity contribution in [2.75, 3.05) is 65.8 Å². The zero-order chi connectivity index (χ0) is 43.3. The summed E-state index contributed by atoms with van der Waals surface area (Å²) >= 11 is 0. The van der Waals surface area contributed by atoms with E-state index in [0.29, 0.717) is 30.5 Å². The molecule has 0 radical (unpaired) electrons. The number of hydrogen-bond acceptors (Lipinski definition) is 13. The van der Waals surface area contributed by atoms with Crippen molar-refractivity contribution >= 4 is 52.5 Å². The Hall–Kier alpha value is -6.91. The van der Waals surface area contributed by atoms with Gasteiger partial charge in [0.1, 0.15) is 18.0 Å². The van der Waals surface area contributed by atoms with Crippen molar-refractivity contribution in [3.05, 3.63) is 96.0 Å². The SMILES string of the molecule is Cc1cc(-c2cc(Nc3ccc(N4CC5(CN(C(=O)C6CCN(c7ccc(N8CCC(=O)NC8=O)cc7)C6)C5)C4)cn3)ncn2)ccc1[C@@H](C)NC(=O)c1nc(C(C)(C)C)no1. The minimum Gasteiger partial charge on any atom is -0.371 e. The van der Waals surface area contributed by atoms with Gasteiger partial charge < -0.3 is 29.9 Å². The molecule has 3 aromatic heterocycles. The monoisotopic (exact) mass is 838 g/mol. The molecule has 1 spiro atoms. The van der Waals surface area contributed by atoms with Crippen LogP contribution in [0.1, 0.15) is 74.2 Å². The van der Waals surface area contributed by atoms with Crippen LogP contribution in [0.5, 0.6) is 0 Å². The standard InChI is InChI=1S/C45H50N12O5/c1-27-18-29(6-12-34(27)28(2)49-39(59)40-52-42(53-62-40)44(3,4)5)35-19-37(48-26-47-35)50-36-13-11-33(20-46-36)55-22-45(23-55)24-56(25-45)41(60)30-14-16-54(21-30)31-7-9-32(10-8-31)57-17-15-38(58)51-43(57)61/h6-13,18-20,26,28,30H,14-17,21-25H2,1-5H3,(H,49,59)(H,51,58,61)(H,46,47,48,50)/t28-,30?/m1/s1. The molecular weight excluding hydrogens is 789 g/mol. The molecule has 17 nitrogen and oxygen atoms in total. The lowest BCUT2D eigenvalue weighted by Gasteiger charge is -2.61. The number of pyridine rings is 1. The second-order valence-corrected chi connectivity index (χ2v) is 18.0. The Labute approximate surface area is 359 Å². The molecule has 0 bridgehead atoms. The molecule has 0 saturated carbocycles. The molecule has 1 unspecified atom stereocenters. The van der Waals surface area contributed by atoms with E-state index in [-0.39, 0.29) is 46.9 Å². The lowest BCUT2D eigenvalue weighted by Crippen LogP contribution is -2.73. The summed E-state index contributed by atoms with van der Waals surface area (Å²) in [7, 11) is 0. The first kappa shape index (κ1) is 40.5. The Kier molecular flexibility index (Phi) is 10.3. The van der Waals surface area contributed by atoms with Gasteiger partial charge in [-0.05, 0) is 73.9 Å². The minimum absolute atomic E-state index is 0.0378. The summed E-state index contributed by atoms with van der Waals surface area (Å²) in [5.41, 5.74) is 6.20. The number of carbonyl (C=O) groups excluding carboxylic acids is 4. The fraction of sp³-hybridized carbons (Fsp3) is 0.400. The van der Waals surface area contributed by atoms with Crippen LogP contribution in [-0.2, 0) is 15.0 Å². The summed E-state index contributed by atoms with van der Waals surface area (Å²) in [6.07, 6.45) is 4.48. The van der Waals surface area contributed by atoms with Gasteiger partial charge in [-0.25, -0.2) is 19.7 Å². The normalized spacial score (nSPS) is 18.9. The maximum Gasteiger partial charge on any atom is 0.328 e. The molecular formula is C45H50N12O5. The average molecular weight is 839 g/mol. The summed E-state index contributed by atoms with van der Waals surface area (Å²) in [4.78, 5) is 76.1. The number of aromatic nitrogens is 5. The van der Waals surface area contributed by atoms with E-state index in [1.54, 1.807) is 4.90 Å². The van der Waals surface area contributed by atoms with Gasteiger partial charge in [0, 0.05) is 86.1 Å². The lowest BCUT2D eigenvalue weighted by molar-refractivity contribution is -0.149. The number of imide groups is 1. The molecule has 2 atom stereocenters. The highest BCUT2D eigenvalue weighted by Crippen LogP contribution is 2.43. The van der Waals surface area contributed by atoms with Gasteiger partial charge in [0.15, 0.2) is 5.82 Å². The van der Waals surface area contributed by atoms with Crippen LogP contribution in [0.2, 0.25) is 0 Å². The maximum absolute atomic E-state index is 13.5. The van der Waals surface area contributed by atoms with Crippen LogP contribution in [0.3, 0.4) is 0 Å². The van der Waals surface area contributed by atoms with Crippen molar-refractivity contribution in [1.82, 2.24) is 40.6 Å². The fourth-order valence-electron chi connectivity index (χ4n) is 8.81. The molecule has 5 aromatic rings. The Bertz CT molecular complexity index is 2520. The van der Waals surface area contributed by atoms with Crippen LogP contribution >= 0.6 is 0 Å². The molecule has 4 aliphatic heterocycles. The minimum atomic E-state index is -0.423. The number of likely N-dealkylation sites (tertiary alicyclic amines) is 1. The van der Waals surface area contributed by atoms with Crippen LogP contribution < -0.4 is 30.7 Å². The Balaban J connectivity index is 0.734. The molecule has 0 aliphatic carbocycles. The molecule has 7 heterocycles. The molecule has 4 saturated heterocycles. The second kappa shape index (κ2) is 15.8. The smallest absolute Gasteiger partial charge is 0.328 e. The predicted molar refractivity (Wildman–Crippen MR) is 232 cm³/mol. The molecule has 17 heteroatoms. The number of benzene rings is 2. The molecule has 3 N–H and O–H groups in total. The molecule has 9 rings (SSSR count). The number of anilines is 5. The summed E-state index contributed by atoms with van der Waals surface area (Å²) in [5.74, 6) is 1.20. The topological polar surface area (TPSA) is 195 Å². The van der Waals surface area contributed by atoms with Gasteiger partial charge in [-0.3, -0.25) is 24.6 Å². The largest absolute Gasteiger partial charge is 0.371 e. The third-order valence-electron chi connectivity index (χ3n) is 12.2. The van der Waals surface area contributed by atoms with E-state index in [9.17, 15) is 19.2 Å². The third kappa shape index (κ3) is 8.13. The number of aryl methyl sites for hydroxylation is 1. The van der Waals surface area contributed by atoms with Crippen molar-refractivity contribution < 1.29 is 23.7 Å². The number of amides is 5. The van der Waals surface area contributed by atoms with Crippen molar-refractivity contribution in [1.29, 1.82) is 0 Å². The van der Waals surface area contributed by atoms with E-state index in [0.717, 1.165) is 78.6 Å². The van der Waals surface area contributed by atoms with Crippen LogP contribution in [-0.4, -0.2) is 99.6 Å². The average Bonchev–Trinajstić information content (AvgIpc) is 3.93. The summed E-state index contributed by atoms with van der Waals surface area (Å²) in [6, 6.07) is 18.9. The zero-order valence-electron chi connectivity index (χ0n) is 35.5. The van der Waals surface area contributed by atoms with Gasteiger partial charge in [0.05, 0.1) is 29.5 Å². The number of nitrogens with zero attached hydrogens (tertiary/aromatic N) is 9. The molecule has 320 valence electrons. The quantitative estimate of drug-likeness (QED) is 0.162.